The van der Waals surface area contributed by atoms with Crippen molar-refractivity contribution in [2.75, 3.05) is 12.1 Å². The van der Waals surface area contributed by atoms with Crippen LogP contribution in [0, 0.1) is 0 Å². The summed E-state index contributed by atoms with van der Waals surface area (Å²) in [5, 5.41) is 6.77. The largest absolute Gasteiger partial charge is 0.461 e. The number of hydrogen-bond donors (Lipinski definition) is 2. The molecule has 1 atom stereocenters. The van der Waals surface area contributed by atoms with Gasteiger partial charge in [0.25, 0.3) is 0 Å². The number of fused-ring (bicyclic) bond motifs is 2. The zero-order valence-corrected chi connectivity index (χ0v) is 13.7. The molecule has 2 N–H and O–H groups in total. The fourth-order valence-electron chi connectivity index (χ4n) is 2.86. The van der Waals surface area contributed by atoms with E-state index in [4.69, 9.17) is 13.9 Å². The molecule has 6 heteroatoms. The highest BCUT2D eigenvalue weighted by atomic mass is 16.7. The summed E-state index contributed by atoms with van der Waals surface area (Å²) in [6, 6.07) is 14.8. The normalized spacial score (nSPS) is 13.6. The van der Waals surface area contributed by atoms with Gasteiger partial charge in [-0.2, -0.15) is 0 Å². The number of furan rings is 1. The first-order valence-electron chi connectivity index (χ1n) is 8.12. The van der Waals surface area contributed by atoms with Crippen LogP contribution in [0.1, 0.15) is 12.7 Å². The molecule has 6 nitrogen and oxygen atoms in total. The summed E-state index contributed by atoms with van der Waals surface area (Å²) in [7, 11) is 0. The van der Waals surface area contributed by atoms with Gasteiger partial charge in [0.05, 0.1) is 0 Å². The Morgan fingerprint density at radius 1 is 1.12 bits per heavy atom. The average Bonchev–Trinajstić information content (AvgIpc) is 3.19. The second kappa shape index (κ2) is 6.39. The number of anilines is 1. The maximum absolute atomic E-state index is 12.2. The molecule has 1 unspecified atom stereocenters. The van der Waals surface area contributed by atoms with Gasteiger partial charge in [0.2, 0.25) is 6.79 Å². The number of benzene rings is 2. The van der Waals surface area contributed by atoms with Crippen LogP contribution in [0.3, 0.4) is 0 Å². The van der Waals surface area contributed by atoms with Gasteiger partial charge in [-0.25, -0.2) is 4.79 Å². The molecule has 0 spiro atoms. The number of rotatable bonds is 4. The Morgan fingerprint density at radius 3 is 2.84 bits per heavy atom. The number of urea groups is 1. The summed E-state index contributed by atoms with van der Waals surface area (Å²) < 4.78 is 16.3. The zero-order chi connectivity index (χ0) is 17.2. The molecule has 1 aliphatic rings. The molecule has 2 aromatic carbocycles. The van der Waals surface area contributed by atoms with E-state index in [2.05, 4.69) is 10.6 Å². The Morgan fingerprint density at radius 2 is 1.96 bits per heavy atom. The van der Waals surface area contributed by atoms with Gasteiger partial charge in [-0.15, -0.1) is 0 Å². The van der Waals surface area contributed by atoms with Gasteiger partial charge in [-0.05, 0) is 31.2 Å². The topological polar surface area (TPSA) is 72.7 Å². The van der Waals surface area contributed by atoms with Crippen LogP contribution in [0.15, 0.2) is 52.9 Å². The van der Waals surface area contributed by atoms with Gasteiger partial charge in [-0.1, -0.05) is 18.2 Å². The van der Waals surface area contributed by atoms with Gasteiger partial charge in [0.1, 0.15) is 11.3 Å². The van der Waals surface area contributed by atoms with Crippen molar-refractivity contribution in [2.24, 2.45) is 0 Å². The van der Waals surface area contributed by atoms with Crippen LogP contribution < -0.4 is 20.1 Å². The molecule has 2 heterocycles. The fourth-order valence-corrected chi connectivity index (χ4v) is 2.86. The highest BCUT2D eigenvalue weighted by Crippen LogP contribution is 2.34. The first-order chi connectivity index (χ1) is 12.2. The third-order valence-corrected chi connectivity index (χ3v) is 3.99. The van der Waals surface area contributed by atoms with E-state index < -0.39 is 0 Å². The lowest BCUT2D eigenvalue weighted by Gasteiger charge is -2.13. The van der Waals surface area contributed by atoms with Crippen molar-refractivity contribution in [1.29, 1.82) is 0 Å². The van der Waals surface area contributed by atoms with Crippen LogP contribution >= 0.6 is 0 Å². The number of nitrogens with one attached hydrogen (secondary N) is 2. The van der Waals surface area contributed by atoms with E-state index in [0.29, 0.717) is 23.6 Å². The summed E-state index contributed by atoms with van der Waals surface area (Å²) in [5.41, 5.74) is 1.51. The van der Waals surface area contributed by atoms with Gasteiger partial charge in [-0.3, -0.25) is 0 Å². The minimum Gasteiger partial charge on any atom is -0.461 e. The Balaban J connectivity index is 1.35. The van der Waals surface area contributed by atoms with Crippen molar-refractivity contribution < 1.29 is 18.7 Å². The van der Waals surface area contributed by atoms with Crippen LogP contribution in [0.2, 0.25) is 0 Å². The fraction of sp³-hybridized carbons (Fsp3) is 0.211. The van der Waals surface area contributed by atoms with E-state index in [1.165, 1.54) is 0 Å². The highest BCUT2D eigenvalue weighted by Gasteiger charge is 2.15. The predicted molar refractivity (Wildman–Crippen MR) is 94.1 cm³/mol. The molecule has 1 aromatic heterocycles. The second-order valence-electron chi connectivity index (χ2n) is 6.02. The van der Waals surface area contributed by atoms with Crippen molar-refractivity contribution in [2.45, 2.75) is 19.4 Å². The summed E-state index contributed by atoms with van der Waals surface area (Å²) in [4.78, 5) is 12.2. The number of carbonyl (C=O) groups excluding carboxylic acids is 1. The maximum Gasteiger partial charge on any atom is 0.319 e. The molecule has 0 fully saturated rings. The van der Waals surface area contributed by atoms with Crippen LogP contribution in [0.4, 0.5) is 10.5 Å². The third kappa shape index (κ3) is 3.38. The third-order valence-electron chi connectivity index (χ3n) is 3.99. The van der Waals surface area contributed by atoms with Crippen LogP contribution in [-0.2, 0) is 6.42 Å². The van der Waals surface area contributed by atoms with Crippen molar-refractivity contribution in [1.82, 2.24) is 5.32 Å². The quantitative estimate of drug-likeness (QED) is 0.756. The van der Waals surface area contributed by atoms with Crippen LogP contribution in [-0.4, -0.2) is 18.9 Å². The Bertz CT molecular complexity index is 886. The van der Waals surface area contributed by atoms with Crippen LogP contribution in [0.25, 0.3) is 11.0 Å². The van der Waals surface area contributed by atoms with Crippen molar-refractivity contribution in [3.63, 3.8) is 0 Å². The predicted octanol–water partition coefficient (Wildman–Crippen LogP) is 3.91. The SMILES string of the molecule is CC(Cc1cc2ccccc2o1)NC(=O)Nc1ccc2c(c1)OCO2. The molecule has 1 aliphatic heterocycles. The Kier molecular flexibility index (Phi) is 3.93. The molecule has 128 valence electrons. The average molecular weight is 338 g/mol. The summed E-state index contributed by atoms with van der Waals surface area (Å²) in [6.45, 7) is 2.14. The monoisotopic (exact) mass is 338 g/mol. The minimum absolute atomic E-state index is 0.0745. The molecule has 3 aromatic rings. The van der Waals surface area contributed by atoms with E-state index in [1.54, 1.807) is 18.2 Å². The van der Waals surface area contributed by atoms with E-state index in [9.17, 15) is 4.79 Å². The first kappa shape index (κ1) is 15.4. The second-order valence-corrected chi connectivity index (χ2v) is 6.02. The van der Waals surface area contributed by atoms with E-state index in [1.807, 2.05) is 37.3 Å². The molecule has 0 radical (unpaired) electrons. The molecule has 4 rings (SSSR count). The molecule has 2 amide bonds. The van der Waals surface area contributed by atoms with E-state index in [-0.39, 0.29) is 18.9 Å². The lowest BCUT2D eigenvalue weighted by Crippen LogP contribution is -2.37. The minimum atomic E-state index is -0.275. The first-order valence-corrected chi connectivity index (χ1v) is 8.12. The van der Waals surface area contributed by atoms with Crippen molar-refractivity contribution in [3.05, 3.63) is 54.3 Å². The number of ether oxygens (including phenoxy) is 2. The number of amides is 2. The highest BCUT2D eigenvalue weighted by molar-refractivity contribution is 5.89. The standard InChI is InChI=1S/C19H18N2O4/c1-12(8-15-9-13-4-2-3-5-16(13)25-15)20-19(22)21-14-6-7-17-18(10-14)24-11-23-17/h2-7,9-10,12H,8,11H2,1H3,(H2,20,21,22). The van der Waals surface area contributed by atoms with Gasteiger partial charge in [0.15, 0.2) is 11.5 Å². The molecule has 25 heavy (non-hydrogen) atoms. The number of para-hydroxylation sites is 1. The smallest absolute Gasteiger partial charge is 0.319 e. The molecular weight excluding hydrogens is 320 g/mol. The van der Waals surface area contributed by atoms with Gasteiger partial charge >= 0.3 is 6.03 Å². The van der Waals surface area contributed by atoms with E-state index >= 15 is 0 Å². The summed E-state index contributed by atoms with van der Waals surface area (Å²) >= 11 is 0. The van der Waals surface area contributed by atoms with Gasteiger partial charge in [0, 0.05) is 29.6 Å². The summed E-state index contributed by atoms with van der Waals surface area (Å²) in [6.07, 6.45) is 0.614. The Labute approximate surface area is 144 Å². The van der Waals surface area contributed by atoms with Gasteiger partial charge < -0.3 is 24.5 Å². The molecular formula is C19H18N2O4. The lowest BCUT2D eigenvalue weighted by molar-refractivity contribution is 0.174. The molecule has 0 aliphatic carbocycles. The molecule has 0 saturated heterocycles. The Hall–Kier alpha value is -3.15. The summed E-state index contributed by atoms with van der Waals surface area (Å²) in [5.74, 6) is 2.16. The van der Waals surface area contributed by atoms with Crippen LogP contribution in [0.5, 0.6) is 11.5 Å². The lowest BCUT2D eigenvalue weighted by atomic mass is 10.2. The molecule has 0 saturated carbocycles. The molecule has 0 bridgehead atoms. The van der Waals surface area contributed by atoms with Crippen molar-refractivity contribution >= 4 is 22.7 Å². The maximum atomic E-state index is 12.2. The zero-order valence-electron chi connectivity index (χ0n) is 13.7. The number of hydrogen-bond acceptors (Lipinski definition) is 4. The number of carbonyl (C=O) groups is 1. The van der Waals surface area contributed by atoms with E-state index in [0.717, 1.165) is 16.7 Å². The van der Waals surface area contributed by atoms with Crippen molar-refractivity contribution in [3.8, 4) is 11.5 Å².